The highest BCUT2D eigenvalue weighted by molar-refractivity contribution is 5.78. The molecule has 1 unspecified atom stereocenters. The number of pyridine rings is 1. The summed E-state index contributed by atoms with van der Waals surface area (Å²) in [5.74, 6) is 1.23. The molecule has 2 aliphatic carbocycles. The van der Waals surface area contributed by atoms with Crippen molar-refractivity contribution >= 4 is 17.9 Å². The average Bonchev–Trinajstić information content (AvgIpc) is 3.58. The molecule has 3 heterocycles. The monoisotopic (exact) mass is 451 g/mol. The highest BCUT2D eigenvalue weighted by Crippen LogP contribution is 2.35. The predicted octanol–water partition coefficient (Wildman–Crippen LogP) is 5.79. The van der Waals surface area contributed by atoms with Crippen molar-refractivity contribution < 1.29 is 4.79 Å². The van der Waals surface area contributed by atoms with E-state index in [2.05, 4.69) is 27.1 Å². The van der Waals surface area contributed by atoms with Crippen molar-refractivity contribution in [1.29, 1.82) is 0 Å². The Labute approximate surface area is 199 Å². The second-order valence-corrected chi connectivity index (χ2v) is 10.6. The molecule has 1 aromatic heterocycles. The fourth-order valence-electron chi connectivity index (χ4n) is 6.44. The van der Waals surface area contributed by atoms with E-state index in [-0.39, 0.29) is 12.1 Å². The number of urea groups is 1. The zero-order chi connectivity index (χ0) is 22.5. The first-order chi connectivity index (χ1) is 16.3. The molecule has 6 nitrogen and oxygen atoms in total. The Bertz CT molecular complexity index is 802. The molecule has 6 heteroatoms. The first-order valence-corrected chi connectivity index (χ1v) is 13.6. The lowest BCUT2D eigenvalue weighted by molar-refractivity contribution is 0.117. The number of hydrogen-bond acceptors (Lipinski definition) is 4. The first kappa shape index (κ1) is 22.7. The van der Waals surface area contributed by atoms with Crippen LogP contribution in [0.25, 0.3) is 0 Å². The van der Waals surface area contributed by atoms with Gasteiger partial charge in [0.2, 0.25) is 0 Å². The van der Waals surface area contributed by atoms with Crippen LogP contribution in [0.4, 0.5) is 10.5 Å². The summed E-state index contributed by atoms with van der Waals surface area (Å²) in [7, 11) is 0. The highest BCUT2D eigenvalue weighted by Gasteiger charge is 2.36. The zero-order valence-electron chi connectivity index (χ0n) is 20.2. The summed E-state index contributed by atoms with van der Waals surface area (Å²) < 4.78 is 0. The Morgan fingerprint density at radius 1 is 0.848 bits per heavy atom. The number of carbonyl (C=O) groups excluding carboxylic acids is 1. The Hall–Kier alpha value is -2.11. The summed E-state index contributed by atoms with van der Waals surface area (Å²) in [4.78, 5) is 22.6. The van der Waals surface area contributed by atoms with Gasteiger partial charge in [0.15, 0.2) is 0 Å². The standard InChI is InChI=1S/C27H41N5O/c33-27(32-26(14-16-29-32)23-11-5-3-1-2-4-6-12-23)31-19-17-30(18-20-31)24-13-15-28-25(21-24)22-9-7-8-10-22/h13,15-16,21-23,26H,1-12,14,17-20H2. The van der Waals surface area contributed by atoms with Gasteiger partial charge in [-0.15, -0.1) is 0 Å². The quantitative estimate of drug-likeness (QED) is 0.584. The number of carbonyl (C=O) groups is 1. The Morgan fingerprint density at radius 2 is 1.52 bits per heavy atom. The van der Waals surface area contributed by atoms with Crippen LogP contribution < -0.4 is 4.90 Å². The lowest BCUT2D eigenvalue weighted by Gasteiger charge is -2.39. The van der Waals surface area contributed by atoms with Crippen LogP contribution in [-0.4, -0.2) is 59.4 Å². The van der Waals surface area contributed by atoms with E-state index in [9.17, 15) is 4.79 Å². The van der Waals surface area contributed by atoms with Gasteiger partial charge in [0.25, 0.3) is 0 Å². The molecule has 1 aromatic rings. The van der Waals surface area contributed by atoms with Gasteiger partial charge in [-0.25, -0.2) is 9.80 Å². The number of hydrazone groups is 1. The Morgan fingerprint density at radius 3 is 2.24 bits per heavy atom. The third-order valence-corrected chi connectivity index (χ3v) is 8.46. The smallest absolute Gasteiger partial charge is 0.340 e. The molecular weight excluding hydrogens is 410 g/mol. The van der Waals surface area contributed by atoms with Crippen LogP contribution in [0.5, 0.6) is 0 Å². The van der Waals surface area contributed by atoms with Crippen molar-refractivity contribution in [1.82, 2.24) is 14.9 Å². The van der Waals surface area contributed by atoms with Crippen LogP contribution in [0.2, 0.25) is 0 Å². The van der Waals surface area contributed by atoms with Crippen molar-refractivity contribution in [3.63, 3.8) is 0 Å². The molecule has 0 spiro atoms. The van der Waals surface area contributed by atoms with Gasteiger partial charge in [-0.2, -0.15) is 5.10 Å². The fourth-order valence-corrected chi connectivity index (χ4v) is 6.44. The normalized spacial score (nSPS) is 25.8. The van der Waals surface area contributed by atoms with Crippen molar-refractivity contribution in [3.05, 3.63) is 24.0 Å². The molecule has 1 atom stereocenters. The van der Waals surface area contributed by atoms with Crippen LogP contribution in [0, 0.1) is 5.92 Å². The minimum absolute atomic E-state index is 0.120. The third kappa shape index (κ3) is 5.36. The summed E-state index contributed by atoms with van der Waals surface area (Å²) in [5, 5.41) is 6.42. The second-order valence-electron chi connectivity index (χ2n) is 10.6. The van der Waals surface area contributed by atoms with E-state index in [0.29, 0.717) is 11.8 Å². The molecule has 4 aliphatic rings. The Kier molecular flexibility index (Phi) is 7.47. The predicted molar refractivity (Wildman–Crippen MR) is 134 cm³/mol. The van der Waals surface area contributed by atoms with Crippen LogP contribution in [0.15, 0.2) is 23.4 Å². The zero-order valence-corrected chi connectivity index (χ0v) is 20.2. The largest absolute Gasteiger partial charge is 0.368 e. The molecule has 0 radical (unpaired) electrons. The van der Waals surface area contributed by atoms with Gasteiger partial charge in [0.05, 0.1) is 6.04 Å². The van der Waals surface area contributed by atoms with Gasteiger partial charge in [-0.05, 0) is 43.7 Å². The number of aromatic nitrogens is 1. The third-order valence-electron chi connectivity index (χ3n) is 8.46. The lowest BCUT2D eigenvalue weighted by Crippen LogP contribution is -2.53. The maximum atomic E-state index is 13.5. The van der Waals surface area contributed by atoms with Crippen molar-refractivity contribution in [2.24, 2.45) is 11.0 Å². The van der Waals surface area contributed by atoms with E-state index in [1.54, 1.807) is 0 Å². The molecule has 180 valence electrons. The molecule has 33 heavy (non-hydrogen) atoms. The van der Waals surface area contributed by atoms with Crippen LogP contribution in [0.1, 0.15) is 95.1 Å². The van der Waals surface area contributed by atoms with Crippen molar-refractivity contribution in [2.45, 2.75) is 95.4 Å². The van der Waals surface area contributed by atoms with Crippen LogP contribution >= 0.6 is 0 Å². The van der Waals surface area contributed by atoms with E-state index in [0.717, 1.165) is 32.6 Å². The molecular formula is C27H41N5O. The van der Waals surface area contributed by atoms with Gasteiger partial charge in [0.1, 0.15) is 0 Å². The van der Waals surface area contributed by atoms with Gasteiger partial charge < -0.3 is 9.80 Å². The Balaban J connectivity index is 1.18. The molecule has 5 rings (SSSR count). The molecule has 0 bridgehead atoms. The lowest BCUT2D eigenvalue weighted by atomic mass is 9.88. The summed E-state index contributed by atoms with van der Waals surface area (Å²) >= 11 is 0. The summed E-state index contributed by atoms with van der Waals surface area (Å²) in [6.45, 7) is 3.30. The van der Waals surface area contributed by atoms with E-state index in [1.807, 2.05) is 22.3 Å². The summed E-state index contributed by atoms with van der Waals surface area (Å²) in [5.41, 5.74) is 2.52. The number of amides is 2. The van der Waals surface area contributed by atoms with Crippen LogP contribution in [-0.2, 0) is 0 Å². The van der Waals surface area contributed by atoms with Gasteiger partial charge >= 0.3 is 6.03 Å². The number of hydrogen-bond donors (Lipinski definition) is 0. The minimum Gasteiger partial charge on any atom is -0.368 e. The average molecular weight is 452 g/mol. The topological polar surface area (TPSA) is 52.0 Å². The van der Waals surface area contributed by atoms with Crippen molar-refractivity contribution in [2.75, 3.05) is 31.1 Å². The molecule has 1 saturated heterocycles. The molecule has 3 fully saturated rings. The summed E-state index contributed by atoms with van der Waals surface area (Å²) in [6, 6.07) is 4.82. The van der Waals surface area contributed by atoms with Crippen LogP contribution in [0.3, 0.4) is 0 Å². The molecule has 0 aromatic carbocycles. The number of anilines is 1. The molecule has 0 N–H and O–H groups in total. The minimum atomic E-state index is 0.120. The van der Waals surface area contributed by atoms with Gasteiger partial charge in [-0.1, -0.05) is 51.4 Å². The maximum absolute atomic E-state index is 13.5. The van der Waals surface area contributed by atoms with Gasteiger partial charge in [-0.3, -0.25) is 4.98 Å². The fraction of sp³-hybridized carbons (Fsp3) is 0.741. The van der Waals surface area contributed by atoms with Gasteiger partial charge in [0, 0.05) is 62.3 Å². The molecule has 2 aliphatic heterocycles. The first-order valence-electron chi connectivity index (χ1n) is 13.6. The SMILES string of the molecule is O=C(N1CCN(c2ccnc(C3CCCC3)c2)CC1)N1N=CCC1C1CCCCCCCC1. The number of nitrogens with zero attached hydrogens (tertiary/aromatic N) is 5. The second kappa shape index (κ2) is 10.9. The summed E-state index contributed by atoms with van der Waals surface area (Å²) in [6.07, 6.45) is 20.6. The molecule has 2 saturated carbocycles. The maximum Gasteiger partial charge on any atom is 0.340 e. The van der Waals surface area contributed by atoms with E-state index in [1.165, 1.54) is 88.4 Å². The van der Waals surface area contributed by atoms with Crippen molar-refractivity contribution in [3.8, 4) is 0 Å². The van der Waals surface area contributed by atoms with E-state index < -0.39 is 0 Å². The van der Waals surface area contributed by atoms with E-state index >= 15 is 0 Å². The number of piperazine rings is 1. The number of rotatable bonds is 3. The molecule has 2 amide bonds. The highest BCUT2D eigenvalue weighted by atomic mass is 16.2. The van der Waals surface area contributed by atoms with E-state index in [4.69, 9.17) is 0 Å².